The van der Waals surface area contributed by atoms with Crippen molar-refractivity contribution in [3.8, 4) is 0 Å². The summed E-state index contributed by atoms with van der Waals surface area (Å²) >= 11 is 0. The maximum absolute atomic E-state index is 10.3. The quantitative estimate of drug-likeness (QED) is 0.416. The smallest absolute Gasteiger partial charge is 0.303 e. The van der Waals surface area contributed by atoms with Crippen LogP contribution in [0, 0.1) is 5.92 Å². The lowest BCUT2D eigenvalue weighted by Crippen LogP contribution is -1.91. The Labute approximate surface area is 106 Å². The fourth-order valence-electron chi connectivity index (χ4n) is 1.76. The van der Waals surface area contributed by atoms with E-state index in [0.717, 1.165) is 12.3 Å². The summed E-state index contributed by atoms with van der Waals surface area (Å²) in [6, 6.07) is 0. The van der Waals surface area contributed by atoms with Gasteiger partial charge in [-0.15, -0.1) is 0 Å². The Morgan fingerprint density at radius 2 is 1.76 bits per heavy atom. The van der Waals surface area contributed by atoms with Crippen LogP contribution in [0.2, 0.25) is 0 Å². The van der Waals surface area contributed by atoms with Gasteiger partial charge in [-0.3, -0.25) is 4.79 Å². The predicted octanol–water partition coefficient (Wildman–Crippen LogP) is 4.79. The molecule has 1 unspecified atom stereocenters. The van der Waals surface area contributed by atoms with Crippen molar-refractivity contribution in [2.75, 3.05) is 0 Å². The van der Waals surface area contributed by atoms with Crippen LogP contribution in [0.4, 0.5) is 0 Å². The van der Waals surface area contributed by atoms with Crippen LogP contribution in [0.5, 0.6) is 0 Å². The number of carboxylic acids is 1. The van der Waals surface area contributed by atoms with Crippen LogP contribution >= 0.6 is 0 Å². The van der Waals surface area contributed by atoms with Crippen LogP contribution < -0.4 is 0 Å². The summed E-state index contributed by atoms with van der Waals surface area (Å²) in [6.45, 7) is 4.58. The summed E-state index contributed by atoms with van der Waals surface area (Å²) in [5, 5.41) is 8.44. The molecule has 0 aliphatic heterocycles. The molecule has 1 N–H and O–H groups in total. The van der Waals surface area contributed by atoms with Gasteiger partial charge >= 0.3 is 5.97 Å². The first-order chi connectivity index (χ1) is 8.16. The van der Waals surface area contributed by atoms with Gasteiger partial charge in [-0.2, -0.15) is 0 Å². The van der Waals surface area contributed by atoms with Gasteiger partial charge in [0.05, 0.1) is 0 Å². The number of hydrogen-bond donors (Lipinski definition) is 1. The summed E-state index contributed by atoms with van der Waals surface area (Å²) in [5.41, 5.74) is 0. The zero-order valence-electron chi connectivity index (χ0n) is 11.5. The monoisotopic (exact) mass is 240 g/mol. The van der Waals surface area contributed by atoms with Gasteiger partial charge in [0.1, 0.15) is 0 Å². The molecule has 0 bridgehead atoms. The highest BCUT2D eigenvalue weighted by atomic mass is 16.4. The van der Waals surface area contributed by atoms with Gasteiger partial charge in [-0.25, -0.2) is 0 Å². The Bertz CT molecular complexity index is 209. The minimum atomic E-state index is -0.709. The van der Waals surface area contributed by atoms with Gasteiger partial charge < -0.3 is 5.11 Å². The molecule has 0 heterocycles. The lowest BCUT2D eigenvalue weighted by atomic mass is 10.00. The third-order valence-electron chi connectivity index (χ3n) is 3.21. The molecule has 2 heteroatoms. The molecule has 0 rings (SSSR count). The molecular weight excluding hydrogens is 212 g/mol. The number of aliphatic carboxylic acids is 1. The summed E-state index contributed by atoms with van der Waals surface area (Å²) in [6.07, 6.45) is 14.1. The summed E-state index contributed by atoms with van der Waals surface area (Å²) in [4.78, 5) is 10.3. The van der Waals surface area contributed by atoms with E-state index in [9.17, 15) is 4.79 Å². The van der Waals surface area contributed by atoms with E-state index in [1.807, 2.05) is 6.08 Å². The van der Waals surface area contributed by atoms with E-state index < -0.39 is 5.97 Å². The molecule has 0 spiro atoms. The van der Waals surface area contributed by atoms with Gasteiger partial charge in [-0.05, 0) is 25.2 Å². The SMILES string of the molecule is CCC(C)CCCCCC/C=C\CCC(=O)O. The van der Waals surface area contributed by atoms with Crippen molar-refractivity contribution in [3.63, 3.8) is 0 Å². The van der Waals surface area contributed by atoms with Gasteiger partial charge in [0.15, 0.2) is 0 Å². The van der Waals surface area contributed by atoms with Crippen LogP contribution in [0.3, 0.4) is 0 Å². The van der Waals surface area contributed by atoms with E-state index in [0.29, 0.717) is 6.42 Å². The van der Waals surface area contributed by atoms with Gasteiger partial charge in [0, 0.05) is 6.42 Å². The molecule has 0 radical (unpaired) electrons. The molecule has 0 aromatic heterocycles. The predicted molar refractivity (Wildman–Crippen MR) is 73.2 cm³/mol. The topological polar surface area (TPSA) is 37.3 Å². The van der Waals surface area contributed by atoms with Crippen LogP contribution in [-0.2, 0) is 4.79 Å². The van der Waals surface area contributed by atoms with Gasteiger partial charge in [-0.1, -0.05) is 58.1 Å². The number of allylic oxidation sites excluding steroid dienone is 2. The minimum absolute atomic E-state index is 0.255. The number of hydrogen-bond acceptors (Lipinski definition) is 1. The van der Waals surface area contributed by atoms with E-state index >= 15 is 0 Å². The highest BCUT2D eigenvalue weighted by molar-refractivity contribution is 5.66. The summed E-state index contributed by atoms with van der Waals surface area (Å²) in [7, 11) is 0. The maximum Gasteiger partial charge on any atom is 0.303 e. The molecular formula is C15H28O2. The van der Waals surface area contributed by atoms with Gasteiger partial charge in [0.25, 0.3) is 0 Å². The second-order valence-electron chi connectivity index (χ2n) is 4.91. The molecule has 0 amide bonds. The number of rotatable bonds is 11. The van der Waals surface area contributed by atoms with E-state index in [4.69, 9.17) is 5.11 Å². The highest BCUT2D eigenvalue weighted by Crippen LogP contribution is 2.13. The number of unbranched alkanes of at least 4 members (excludes halogenated alkanes) is 4. The third-order valence-corrected chi connectivity index (χ3v) is 3.21. The number of carboxylic acid groups (broad SMARTS) is 1. The molecule has 2 nitrogen and oxygen atoms in total. The van der Waals surface area contributed by atoms with Crippen molar-refractivity contribution < 1.29 is 9.90 Å². The molecule has 0 aromatic rings. The molecule has 0 aliphatic carbocycles. The molecule has 0 saturated carbocycles. The molecule has 17 heavy (non-hydrogen) atoms. The average Bonchev–Trinajstić information content (AvgIpc) is 2.30. The van der Waals surface area contributed by atoms with Crippen molar-refractivity contribution in [2.24, 2.45) is 5.92 Å². The Balaban J connectivity index is 3.15. The molecule has 100 valence electrons. The van der Waals surface area contributed by atoms with Crippen LogP contribution in [0.25, 0.3) is 0 Å². The standard InChI is InChI=1S/C15H28O2/c1-3-14(2)12-10-8-6-4-5-7-9-11-13-15(16)17/h7,9,14H,3-6,8,10-13H2,1-2H3,(H,16,17)/b9-7-. The third kappa shape index (κ3) is 13.1. The molecule has 0 aromatic carbocycles. The van der Waals surface area contributed by atoms with Crippen molar-refractivity contribution in [1.29, 1.82) is 0 Å². The van der Waals surface area contributed by atoms with Crippen molar-refractivity contribution in [1.82, 2.24) is 0 Å². The Kier molecular flexibility index (Phi) is 11.1. The fraction of sp³-hybridized carbons (Fsp3) is 0.800. The lowest BCUT2D eigenvalue weighted by molar-refractivity contribution is -0.136. The second kappa shape index (κ2) is 11.7. The van der Waals surface area contributed by atoms with E-state index in [-0.39, 0.29) is 6.42 Å². The Morgan fingerprint density at radius 1 is 1.12 bits per heavy atom. The normalized spacial score (nSPS) is 13.1. The molecule has 1 atom stereocenters. The van der Waals surface area contributed by atoms with E-state index in [1.165, 1.54) is 38.5 Å². The largest absolute Gasteiger partial charge is 0.481 e. The summed E-state index contributed by atoms with van der Waals surface area (Å²) in [5.74, 6) is 0.172. The Morgan fingerprint density at radius 3 is 2.41 bits per heavy atom. The minimum Gasteiger partial charge on any atom is -0.481 e. The first-order valence-electron chi connectivity index (χ1n) is 7.03. The maximum atomic E-state index is 10.3. The first-order valence-corrected chi connectivity index (χ1v) is 7.03. The zero-order chi connectivity index (χ0) is 12.9. The van der Waals surface area contributed by atoms with E-state index in [1.54, 1.807) is 0 Å². The highest BCUT2D eigenvalue weighted by Gasteiger charge is 1.97. The average molecular weight is 240 g/mol. The fourth-order valence-corrected chi connectivity index (χ4v) is 1.76. The van der Waals surface area contributed by atoms with Crippen LogP contribution in [-0.4, -0.2) is 11.1 Å². The van der Waals surface area contributed by atoms with Crippen molar-refractivity contribution in [2.45, 2.75) is 71.6 Å². The molecule has 0 fully saturated rings. The summed E-state index contributed by atoms with van der Waals surface area (Å²) < 4.78 is 0. The van der Waals surface area contributed by atoms with Crippen molar-refractivity contribution >= 4 is 5.97 Å². The Hall–Kier alpha value is -0.790. The van der Waals surface area contributed by atoms with Gasteiger partial charge in [0.2, 0.25) is 0 Å². The van der Waals surface area contributed by atoms with Crippen LogP contribution in [0.15, 0.2) is 12.2 Å². The second-order valence-corrected chi connectivity index (χ2v) is 4.91. The first kappa shape index (κ1) is 16.2. The molecule has 0 saturated heterocycles. The lowest BCUT2D eigenvalue weighted by Gasteiger charge is -2.06. The number of carbonyl (C=O) groups is 1. The van der Waals surface area contributed by atoms with E-state index in [2.05, 4.69) is 19.9 Å². The van der Waals surface area contributed by atoms with Crippen LogP contribution in [0.1, 0.15) is 71.6 Å². The molecule has 0 aliphatic rings. The van der Waals surface area contributed by atoms with Crippen molar-refractivity contribution in [3.05, 3.63) is 12.2 Å². The zero-order valence-corrected chi connectivity index (χ0v) is 11.5.